The Kier molecular flexibility index (Phi) is 3.49. The molecule has 0 atom stereocenters. The molecule has 0 fully saturated rings. The SMILES string of the molecule is Nc1cccc(C(=O)c2ccc3c(c2)CCCO3)c1Br. The third-order valence-electron chi connectivity index (χ3n) is 3.44. The third kappa shape index (κ3) is 2.31. The monoisotopic (exact) mass is 331 g/mol. The lowest BCUT2D eigenvalue weighted by Gasteiger charge is -2.17. The summed E-state index contributed by atoms with van der Waals surface area (Å²) in [6.45, 7) is 0.751. The summed E-state index contributed by atoms with van der Waals surface area (Å²) >= 11 is 3.38. The van der Waals surface area contributed by atoms with E-state index in [4.69, 9.17) is 10.5 Å². The van der Waals surface area contributed by atoms with Crippen LogP contribution in [0.25, 0.3) is 0 Å². The number of carbonyl (C=O) groups excluding carboxylic acids is 1. The first-order valence-corrected chi connectivity index (χ1v) is 7.30. The van der Waals surface area contributed by atoms with E-state index in [0.717, 1.165) is 30.8 Å². The van der Waals surface area contributed by atoms with E-state index in [-0.39, 0.29) is 5.78 Å². The molecular formula is C16H14BrNO2. The Morgan fingerprint density at radius 2 is 2.10 bits per heavy atom. The van der Waals surface area contributed by atoms with Crippen LogP contribution in [0, 0.1) is 0 Å². The molecule has 2 N–H and O–H groups in total. The van der Waals surface area contributed by atoms with E-state index < -0.39 is 0 Å². The minimum Gasteiger partial charge on any atom is -0.493 e. The average Bonchev–Trinajstić information content (AvgIpc) is 2.49. The number of halogens is 1. The summed E-state index contributed by atoms with van der Waals surface area (Å²) < 4.78 is 6.22. The maximum absolute atomic E-state index is 12.6. The van der Waals surface area contributed by atoms with Crippen LogP contribution >= 0.6 is 15.9 Å². The maximum atomic E-state index is 12.6. The second kappa shape index (κ2) is 5.29. The lowest BCUT2D eigenvalue weighted by molar-refractivity contribution is 0.103. The van der Waals surface area contributed by atoms with Crippen LogP contribution in [-0.2, 0) is 6.42 Å². The van der Waals surface area contributed by atoms with Crippen molar-refractivity contribution in [3.8, 4) is 5.75 Å². The van der Waals surface area contributed by atoms with Crippen LogP contribution in [0.2, 0.25) is 0 Å². The first-order chi connectivity index (χ1) is 9.66. The molecule has 0 aliphatic carbocycles. The Balaban J connectivity index is 2.00. The van der Waals surface area contributed by atoms with E-state index in [1.54, 1.807) is 18.2 Å². The lowest BCUT2D eigenvalue weighted by Crippen LogP contribution is -2.10. The quantitative estimate of drug-likeness (QED) is 0.675. The highest BCUT2D eigenvalue weighted by atomic mass is 79.9. The standard InChI is InChI=1S/C16H14BrNO2/c17-15-12(4-1-5-13(15)18)16(19)11-6-7-14-10(9-11)3-2-8-20-14/h1,4-7,9H,2-3,8,18H2. The Labute approximate surface area is 125 Å². The molecule has 3 nitrogen and oxygen atoms in total. The first kappa shape index (κ1) is 13.2. The van der Waals surface area contributed by atoms with Crippen molar-refractivity contribution >= 4 is 27.4 Å². The Hall–Kier alpha value is -1.81. The Bertz CT molecular complexity index is 682. The van der Waals surface area contributed by atoms with Gasteiger partial charge in [0.25, 0.3) is 0 Å². The fourth-order valence-electron chi connectivity index (χ4n) is 2.38. The van der Waals surface area contributed by atoms with Crippen molar-refractivity contribution in [1.29, 1.82) is 0 Å². The number of aryl methyl sites for hydroxylation is 1. The van der Waals surface area contributed by atoms with Crippen molar-refractivity contribution in [1.82, 2.24) is 0 Å². The predicted octanol–water partition coefficient (Wildman–Crippen LogP) is 3.59. The highest BCUT2D eigenvalue weighted by Gasteiger charge is 2.17. The summed E-state index contributed by atoms with van der Waals surface area (Å²) in [5, 5.41) is 0. The molecule has 1 heterocycles. The molecule has 0 spiro atoms. The minimum absolute atomic E-state index is 0.0300. The summed E-state index contributed by atoms with van der Waals surface area (Å²) in [5.41, 5.74) is 8.75. The number of hydrogen-bond acceptors (Lipinski definition) is 3. The van der Waals surface area contributed by atoms with Gasteiger partial charge in [-0.3, -0.25) is 4.79 Å². The second-order valence-corrected chi connectivity index (χ2v) is 5.61. The highest BCUT2D eigenvalue weighted by Crippen LogP contribution is 2.29. The van der Waals surface area contributed by atoms with Crippen molar-refractivity contribution in [2.24, 2.45) is 0 Å². The van der Waals surface area contributed by atoms with E-state index in [1.807, 2.05) is 18.2 Å². The van der Waals surface area contributed by atoms with Crippen LogP contribution in [0.15, 0.2) is 40.9 Å². The van der Waals surface area contributed by atoms with Gasteiger partial charge in [0.15, 0.2) is 5.78 Å². The van der Waals surface area contributed by atoms with Crippen molar-refractivity contribution < 1.29 is 9.53 Å². The summed E-state index contributed by atoms with van der Waals surface area (Å²) in [7, 11) is 0. The van der Waals surface area contributed by atoms with Gasteiger partial charge in [-0.1, -0.05) is 6.07 Å². The Morgan fingerprint density at radius 3 is 2.95 bits per heavy atom. The van der Waals surface area contributed by atoms with Gasteiger partial charge in [0.2, 0.25) is 0 Å². The number of nitrogen functional groups attached to an aromatic ring is 1. The molecule has 0 saturated carbocycles. The van der Waals surface area contributed by atoms with Gasteiger partial charge in [-0.25, -0.2) is 0 Å². The first-order valence-electron chi connectivity index (χ1n) is 6.51. The van der Waals surface area contributed by atoms with Crippen molar-refractivity contribution in [2.45, 2.75) is 12.8 Å². The van der Waals surface area contributed by atoms with Crippen LogP contribution in [0.5, 0.6) is 5.75 Å². The number of rotatable bonds is 2. The molecule has 102 valence electrons. The van der Waals surface area contributed by atoms with Crippen molar-refractivity contribution in [2.75, 3.05) is 12.3 Å². The van der Waals surface area contributed by atoms with Crippen LogP contribution in [-0.4, -0.2) is 12.4 Å². The Morgan fingerprint density at radius 1 is 1.25 bits per heavy atom. The van der Waals surface area contributed by atoms with Crippen LogP contribution in [0.4, 0.5) is 5.69 Å². The molecule has 4 heteroatoms. The number of benzene rings is 2. The number of nitrogens with two attached hydrogens (primary N) is 1. The van der Waals surface area contributed by atoms with Gasteiger partial charge >= 0.3 is 0 Å². The summed E-state index contributed by atoms with van der Waals surface area (Å²) in [5.74, 6) is 0.858. The maximum Gasteiger partial charge on any atom is 0.194 e. The number of anilines is 1. The molecule has 0 saturated heterocycles. The largest absolute Gasteiger partial charge is 0.493 e. The molecule has 0 radical (unpaired) electrons. The van der Waals surface area contributed by atoms with Gasteiger partial charge in [0.05, 0.1) is 11.1 Å². The average molecular weight is 332 g/mol. The summed E-state index contributed by atoms with van der Waals surface area (Å²) in [6, 6.07) is 10.9. The van der Waals surface area contributed by atoms with E-state index in [1.165, 1.54) is 0 Å². The van der Waals surface area contributed by atoms with E-state index in [0.29, 0.717) is 21.3 Å². The molecule has 3 rings (SSSR count). The second-order valence-electron chi connectivity index (χ2n) is 4.81. The summed E-state index contributed by atoms with van der Waals surface area (Å²) in [6.07, 6.45) is 1.95. The van der Waals surface area contributed by atoms with Crippen molar-refractivity contribution in [3.05, 3.63) is 57.6 Å². The predicted molar refractivity (Wildman–Crippen MR) is 82.2 cm³/mol. The van der Waals surface area contributed by atoms with Gasteiger partial charge in [-0.05, 0) is 64.7 Å². The molecular weight excluding hydrogens is 318 g/mol. The fourth-order valence-corrected chi connectivity index (χ4v) is 2.83. The molecule has 0 aromatic heterocycles. The van der Waals surface area contributed by atoms with Crippen molar-refractivity contribution in [3.63, 3.8) is 0 Å². The van der Waals surface area contributed by atoms with Gasteiger partial charge < -0.3 is 10.5 Å². The van der Waals surface area contributed by atoms with E-state index >= 15 is 0 Å². The zero-order valence-corrected chi connectivity index (χ0v) is 12.4. The normalized spacial score (nSPS) is 13.4. The van der Waals surface area contributed by atoms with E-state index in [9.17, 15) is 4.79 Å². The molecule has 1 aliphatic rings. The number of carbonyl (C=O) groups is 1. The molecule has 2 aromatic carbocycles. The third-order valence-corrected chi connectivity index (χ3v) is 4.33. The smallest absolute Gasteiger partial charge is 0.194 e. The summed E-state index contributed by atoms with van der Waals surface area (Å²) in [4.78, 5) is 12.6. The number of fused-ring (bicyclic) bond motifs is 1. The molecule has 0 bridgehead atoms. The molecule has 2 aromatic rings. The topological polar surface area (TPSA) is 52.3 Å². The van der Waals surface area contributed by atoms with Gasteiger partial charge in [0, 0.05) is 16.8 Å². The number of hydrogen-bond donors (Lipinski definition) is 1. The highest BCUT2D eigenvalue weighted by molar-refractivity contribution is 9.10. The lowest BCUT2D eigenvalue weighted by atomic mass is 9.98. The zero-order valence-electron chi connectivity index (χ0n) is 10.9. The molecule has 0 unspecified atom stereocenters. The number of ether oxygens (including phenoxy) is 1. The molecule has 20 heavy (non-hydrogen) atoms. The van der Waals surface area contributed by atoms with Crippen LogP contribution in [0.1, 0.15) is 27.9 Å². The number of ketones is 1. The van der Waals surface area contributed by atoms with E-state index in [2.05, 4.69) is 15.9 Å². The minimum atomic E-state index is -0.0300. The molecule has 1 aliphatic heterocycles. The van der Waals surface area contributed by atoms with Gasteiger partial charge in [-0.2, -0.15) is 0 Å². The van der Waals surface area contributed by atoms with Crippen LogP contribution in [0.3, 0.4) is 0 Å². The zero-order chi connectivity index (χ0) is 14.1. The molecule has 0 amide bonds. The van der Waals surface area contributed by atoms with Gasteiger partial charge in [0.1, 0.15) is 5.75 Å². The fraction of sp³-hybridized carbons (Fsp3) is 0.188. The van der Waals surface area contributed by atoms with Gasteiger partial charge in [-0.15, -0.1) is 0 Å². The van der Waals surface area contributed by atoms with Crippen LogP contribution < -0.4 is 10.5 Å².